The van der Waals surface area contributed by atoms with Gasteiger partial charge in [0, 0.05) is 12.6 Å². The maximum atomic E-state index is 13.9. The monoisotopic (exact) mass is 289 g/mol. The number of carbonyl (C=O) groups is 1. The molecule has 6 heteroatoms. The summed E-state index contributed by atoms with van der Waals surface area (Å²) in [5.41, 5.74) is -1.89. The van der Waals surface area contributed by atoms with Gasteiger partial charge in [-0.15, -0.1) is 0 Å². The summed E-state index contributed by atoms with van der Waals surface area (Å²) in [7, 11) is 0. The molecule has 2 rings (SSSR count). The van der Waals surface area contributed by atoms with Crippen molar-refractivity contribution in [2.75, 3.05) is 6.54 Å². The van der Waals surface area contributed by atoms with Crippen LogP contribution in [0.2, 0.25) is 0 Å². The Morgan fingerprint density at radius 2 is 2.10 bits per heavy atom. The summed E-state index contributed by atoms with van der Waals surface area (Å²) < 4.78 is 51.9. The Bertz CT molecular complexity index is 512. The fraction of sp³-hybridized carbons (Fsp3) is 0.500. The molecular formula is C14H15F4NO. The second kappa shape index (κ2) is 5.42. The fourth-order valence-corrected chi connectivity index (χ4v) is 2.60. The number of rotatable bonds is 2. The van der Waals surface area contributed by atoms with E-state index >= 15 is 0 Å². The van der Waals surface area contributed by atoms with Crippen molar-refractivity contribution in [3.8, 4) is 0 Å². The second-order valence-corrected chi connectivity index (χ2v) is 4.87. The minimum absolute atomic E-state index is 0.0172. The van der Waals surface area contributed by atoms with Crippen LogP contribution >= 0.6 is 0 Å². The summed E-state index contributed by atoms with van der Waals surface area (Å²) >= 11 is 0. The first kappa shape index (κ1) is 14.8. The topological polar surface area (TPSA) is 20.3 Å². The van der Waals surface area contributed by atoms with Crippen molar-refractivity contribution in [1.82, 2.24) is 4.90 Å². The van der Waals surface area contributed by atoms with Gasteiger partial charge < -0.3 is 4.90 Å². The predicted molar refractivity (Wildman–Crippen MR) is 65.8 cm³/mol. The van der Waals surface area contributed by atoms with E-state index in [0.29, 0.717) is 19.0 Å². The van der Waals surface area contributed by atoms with Gasteiger partial charge in [0.05, 0.1) is 11.1 Å². The third-order valence-corrected chi connectivity index (χ3v) is 3.64. The van der Waals surface area contributed by atoms with E-state index in [0.717, 1.165) is 25.0 Å². The lowest BCUT2D eigenvalue weighted by molar-refractivity contribution is -0.140. The Labute approximate surface area is 114 Å². The highest BCUT2D eigenvalue weighted by Gasteiger charge is 2.37. The largest absolute Gasteiger partial charge is 0.419 e. The number of alkyl halides is 3. The lowest BCUT2D eigenvalue weighted by Gasteiger charge is -2.24. The van der Waals surface area contributed by atoms with Gasteiger partial charge in [-0.1, -0.05) is 13.0 Å². The van der Waals surface area contributed by atoms with E-state index in [-0.39, 0.29) is 6.04 Å². The molecule has 0 spiro atoms. The Hall–Kier alpha value is -1.59. The minimum Gasteiger partial charge on any atom is -0.336 e. The van der Waals surface area contributed by atoms with E-state index in [1.54, 1.807) is 0 Å². The quantitative estimate of drug-likeness (QED) is 0.757. The van der Waals surface area contributed by atoms with Crippen LogP contribution in [-0.4, -0.2) is 23.4 Å². The van der Waals surface area contributed by atoms with Gasteiger partial charge in [-0.2, -0.15) is 13.2 Å². The van der Waals surface area contributed by atoms with E-state index < -0.39 is 29.0 Å². The molecule has 1 saturated heterocycles. The molecule has 1 fully saturated rings. The lowest BCUT2D eigenvalue weighted by Crippen LogP contribution is -2.35. The van der Waals surface area contributed by atoms with Crippen molar-refractivity contribution in [2.45, 2.75) is 38.4 Å². The molecule has 0 saturated carbocycles. The van der Waals surface area contributed by atoms with Crippen LogP contribution < -0.4 is 0 Å². The van der Waals surface area contributed by atoms with E-state index in [9.17, 15) is 22.4 Å². The Balaban J connectivity index is 2.36. The van der Waals surface area contributed by atoms with Gasteiger partial charge in [-0.25, -0.2) is 4.39 Å². The first-order valence-corrected chi connectivity index (χ1v) is 6.53. The third-order valence-electron chi connectivity index (χ3n) is 3.64. The normalized spacial score (nSPS) is 19.4. The van der Waals surface area contributed by atoms with Crippen molar-refractivity contribution < 1.29 is 22.4 Å². The Morgan fingerprint density at radius 3 is 2.70 bits per heavy atom. The van der Waals surface area contributed by atoms with Crippen LogP contribution in [0.5, 0.6) is 0 Å². The number of benzene rings is 1. The fourth-order valence-electron chi connectivity index (χ4n) is 2.60. The smallest absolute Gasteiger partial charge is 0.336 e. The highest BCUT2D eigenvalue weighted by molar-refractivity contribution is 5.95. The van der Waals surface area contributed by atoms with Gasteiger partial charge >= 0.3 is 6.18 Å². The third kappa shape index (κ3) is 2.64. The van der Waals surface area contributed by atoms with Crippen LogP contribution in [0.15, 0.2) is 18.2 Å². The number of likely N-dealkylation sites (tertiary alicyclic amines) is 1. The van der Waals surface area contributed by atoms with E-state index in [1.807, 2.05) is 6.92 Å². The number of hydrogen-bond acceptors (Lipinski definition) is 1. The molecule has 1 unspecified atom stereocenters. The van der Waals surface area contributed by atoms with Crippen molar-refractivity contribution in [3.63, 3.8) is 0 Å². The average molecular weight is 289 g/mol. The van der Waals surface area contributed by atoms with E-state index in [4.69, 9.17) is 0 Å². The molecule has 110 valence electrons. The summed E-state index contributed by atoms with van der Waals surface area (Å²) in [5.74, 6) is -2.13. The number of amides is 1. The zero-order valence-corrected chi connectivity index (χ0v) is 11.0. The first-order chi connectivity index (χ1) is 9.36. The zero-order valence-electron chi connectivity index (χ0n) is 11.0. The second-order valence-electron chi connectivity index (χ2n) is 4.87. The molecule has 1 aliphatic rings. The molecular weight excluding hydrogens is 274 g/mol. The summed E-state index contributed by atoms with van der Waals surface area (Å²) in [5, 5.41) is 0. The summed E-state index contributed by atoms with van der Waals surface area (Å²) in [6, 6.07) is 2.80. The van der Waals surface area contributed by atoms with Crippen LogP contribution in [-0.2, 0) is 6.18 Å². The van der Waals surface area contributed by atoms with Crippen LogP contribution in [0.1, 0.15) is 42.1 Å². The van der Waals surface area contributed by atoms with Crippen molar-refractivity contribution in [2.24, 2.45) is 0 Å². The Kier molecular flexibility index (Phi) is 4.01. The predicted octanol–water partition coefficient (Wildman–Crippen LogP) is 3.86. The van der Waals surface area contributed by atoms with Crippen LogP contribution in [0.4, 0.5) is 17.6 Å². The summed E-state index contributed by atoms with van der Waals surface area (Å²) in [4.78, 5) is 13.7. The average Bonchev–Trinajstić information content (AvgIpc) is 2.85. The van der Waals surface area contributed by atoms with Crippen molar-refractivity contribution >= 4 is 5.91 Å². The number of carbonyl (C=O) groups excluding carboxylic acids is 1. The number of hydrogen-bond donors (Lipinski definition) is 0. The molecule has 0 radical (unpaired) electrons. The van der Waals surface area contributed by atoms with Gasteiger partial charge in [0.25, 0.3) is 5.91 Å². The standard InChI is InChI=1S/C14H15F4NO/c1-2-9-5-4-8-19(9)13(20)10-6-3-7-11(12(10)15)14(16,17)18/h3,6-7,9H,2,4-5,8H2,1H3. The molecule has 2 nitrogen and oxygen atoms in total. The highest BCUT2D eigenvalue weighted by Crippen LogP contribution is 2.33. The highest BCUT2D eigenvalue weighted by atomic mass is 19.4. The number of halogens is 4. The molecule has 1 aromatic rings. The molecule has 1 atom stereocenters. The van der Waals surface area contributed by atoms with Gasteiger partial charge in [-0.05, 0) is 31.4 Å². The molecule has 20 heavy (non-hydrogen) atoms. The van der Waals surface area contributed by atoms with E-state index in [1.165, 1.54) is 4.90 Å². The van der Waals surface area contributed by atoms with Crippen LogP contribution in [0.3, 0.4) is 0 Å². The molecule has 1 heterocycles. The summed E-state index contributed by atoms with van der Waals surface area (Å²) in [6.07, 6.45) is -2.48. The minimum atomic E-state index is -4.80. The SMILES string of the molecule is CCC1CCCN1C(=O)c1cccc(C(F)(F)F)c1F. The zero-order chi connectivity index (χ0) is 14.9. The maximum Gasteiger partial charge on any atom is 0.419 e. The lowest BCUT2D eigenvalue weighted by atomic mass is 10.1. The molecule has 1 aliphatic heterocycles. The molecule has 0 aromatic heterocycles. The number of nitrogens with zero attached hydrogens (tertiary/aromatic N) is 1. The molecule has 0 bridgehead atoms. The summed E-state index contributed by atoms with van der Waals surface area (Å²) in [6.45, 7) is 2.37. The first-order valence-electron chi connectivity index (χ1n) is 6.53. The van der Waals surface area contributed by atoms with Crippen molar-refractivity contribution in [1.29, 1.82) is 0 Å². The van der Waals surface area contributed by atoms with Crippen molar-refractivity contribution in [3.05, 3.63) is 35.1 Å². The van der Waals surface area contributed by atoms with Gasteiger partial charge in [0.15, 0.2) is 0 Å². The van der Waals surface area contributed by atoms with Gasteiger partial charge in [0.2, 0.25) is 0 Å². The van der Waals surface area contributed by atoms with Gasteiger partial charge in [-0.3, -0.25) is 4.79 Å². The molecule has 1 amide bonds. The molecule has 1 aromatic carbocycles. The van der Waals surface area contributed by atoms with Gasteiger partial charge in [0.1, 0.15) is 5.82 Å². The van der Waals surface area contributed by atoms with Crippen LogP contribution in [0, 0.1) is 5.82 Å². The Morgan fingerprint density at radius 1 is 1.40 bits per heavy atom. The molecule has 0 N–H and O–H groups in total. The maximum absolute atomic E-state index is 13.9. The van der Waals surface area contributed by atoms with E-state index in [2.05, 4.69) is 0 Å². The van der Waals surface area contributed by atoms with Crippen LogP contribution in [0.25, 0.3) is 0 Å². The molecule has 0 aliphatic carbocycles.